The lowest BCUT2D eigenvalue weighted by Crippen LogP contribution is -2.12. The van der Waals surface area contributed by atoms with Crippen LogP contribution in [0.4, 0.5) is 5.00 Å². The van der Waals surface area contributed by atoms with Gasteiger partial charge < -0.3 is 19.5 Å². The Labute approximate surface area is 205 Å². The SMILES string of the molecule is CCOC(=O)c1c(NC(=O)C=Cc2cc(Br)c(OC)c(OC)c2)sc(C)c1-c1ccccc1. The van der Waals surface area contributed by atoms with Gasteiger partial charge in [-0.1, -0.05) is 30.3 Å². The zero-order chi connectivity index (χ0) is 24.0. The molecule has 1 amide bonds. The summed E-state index contributed by atoms with van der Waals surface area (Å²) in [5.41, 5.74) is 2.76. The van der Waals surface area contributed by atoms with Gasteiger partial charge in [0.25, 0.3) is 0 Å². The first-order chi connectivity index (χ1) is 15.9. The van der Waals surface area contributed by atoms with Crippen molar-refractivity contribution in [3.8, 4) is 22.6 Å². The number of thiophene rings is 1. The lowest BCUT2D eigenvalue weighted by molar-refractivity contribution is -0.111. The Hall–Kier alpha value is -3.10. The van der Waals surface area contributed by atoms with E-state index in [9.17, 15) is 9.59 Å². The van der Waals surface area contributed by atoms with Crippen molar-refractivity contribution in [1.29, 1.82) is 0 Å². The van der Waals surface area contributed by atoms with Gasteiger partial charge in [-0.15, -0.1) is 11.3 Å². The van der Waals surface area contributed by atoms with Crippen LogP contribution < -0.4 is 14.8 Å². The molecule has 172 valence electrons. The Kier molecular flexibility index (Phi) is 8.30. The van der Waals surface area contributed by atoms with Crippen molar-refractivity contribution in [2.45, 2.75) is 13.8 Å². The predicted octanol–water partition coefficient (Wildman–Crippen LogP) is 6.33. The van der Waals surface area contributed by atoms with E-state index in [-0.39, 0.29) is 12.5 Å². The summed E-state index contributed by atoms with van der Waals surface area (Å²) < 4.78 is 16.6. The van der Waals surface area contributed by atoms with Crippen LogP contribution in [-0.4, -0.2) is 32.7 Å². The number of methoxy groups -OCH3 is 2. The molecule has 6 nitrogen and oxygen atoms in total. The molecule has 2 aromatic carbocycles. The van der Waals surface area contributed by atoms with Gasteiger partial charge in [-0.25, -0.2) is 4.79 Å². The van der Waals surface area contributed by atoms with Gasteiger partial charge in [0.2, 0.25) is 5.91 Å². The maximum absolute atomic E-state index is 12.8. The van der Waals surface area contributed by atoms with Crippen molar-refractivity contribution in [2.75, 3.05) is 26.1 Å². The average molecular weight is 530 g/mol. The number of carbonyl (C=O) groups excluding carboxylic acids is 2. The number of aryl methyl sites for hydroxylation is 1. The van der Waals surface area contributed by atoms with Gasteiger partial charge in [0, 0.05) is 16.5 Å². The fourth-order valence-corrected chi connectivity index (χ4v) is 5.03. The third-order valence-electron chi connectivity index (χ3n) is 4.75. The first kappa shape index (κ1) is 24.5. The summed E-state index contributed by atoms with van der Waals surface area (Å²) in [6.45, 7) is 3.91. The summed E-state index contributed by atoms with van der Waals surface area (Å²) in [6.07, 6.45) is 3.06. The van der Waals surface area contributed by atoms with Crippen LogP contribution in [0.25, 0.3) is 17.2 Å². The molecule has 0 aliphatic carbocycles. The molecule has 0 aliphatic heterocycles. The molecule has 3 rings (SSSR count). The third kappa shape index (κ3) is 5.64. The van der Waals surface area contributed by atoms with Gasteiger partial charge >= 0.3 is 5.97 Å². The van der Waals surface area contributed by atoms with E-state index >= 15 is 0 Å². The molecule has 0 aliphatic rings. The highest BCUT2D eigenvalue weighted by atomic mass is 79.9. The van der Waals surface area contributed by atoms with Crippen LogP contribution in [0.1, 0.15) is 27.7 Å². The second kappa shape index (κ2) is 11.2. The van der Waals surface area contributed by atoms with E-state index in [2.05, 4.69) is 21.2 Å². The number of esters is 1. The second-order valence-corrected chi connectivity index (χ2v) is 8.96. The van der Waals surface area contributed by atoms with Gasteiger partial charge in [-0.05, 0) is 59.1 Å². The minimum absolute atomic E-state index is 0.240. The van der Waals surface area contributed by atoms with E-state index in [1.165, 1.54) is 17.4 Å². The van der Waals surface area contributed by atoms with E-state index in [0.717, 1.165) is 21.6 Å². The molecule has 0 unspecified atom stereocenters. The van der Waals surface area contributed by atoms with Gasteiger partial charge in [0.15, 0.2) is 11.5 Å². The van der Waals surface area contributed by atoms with Crippen molar-refractivity contribution in [3.63, 3.8) is 0 Å². The number of ether oxygens (including phenoxy) is 3. The highest BCUT2D eigenvalue weighted by Gasteiger charge is 2.25. The molecule has 0 atom stereocenters. The van der Waals surface area contributed by atoms with Gasteiger partial charge in [-0.2, -0.15) is 0 Å². The minimum Gasteiger partial charge on any atom is -0.493 e. The Morgan fingerprint density at radius 3 is 2.48 bits per heavy atom. The van der Waals surface area contributed by atoms with Crippen LogP contribution in [0.2, 0.25) is 0 Å². The zero-order valence-corrected chi connectivity index (χ0v) is 21.1. The lowest BCUT2D eigenvalue weighted by Gasteiger charge is -2.10. The molecular formula is C25H24BrNO5S. The molecule has 1 aromatic heterocycles. The standard InChI is InChI=1S/C25H24BrNO5S/c1-5-32-25(29)22-21(17-9-7-6-8-10-17)15(2)33-24(22)27-20(28)12-11-16-13-18(26)23(31-4)19(14-16)30-3/h6-14H,5H2,1-4H3,(H,27,28). The van der Waals surface area contributed by atoms with Crippen LogP contribution in [-0.2, 0) is 9.53 Å². The van der Waals surface area contributed by atoms with Gasteiger partial charge in [0.1, 0.15) is 10.6 Å². The molecule has 1 N–H and O–H groups in total. The average Bonchev–Trinajstić information content (AvgIpc) is 3.13. The van der Waals surface area contributed by atoms with Crippen LogP contribution in [0, 0.1) is 6.92 Å². The first-order valence-corrected chi connectivity index (χ1v) is 11.8. The van der Waals surface area contributed by atoms with E-state index < -0.39 is 5.97 Å². The number of nitrogens with one attached hydrogen (secondary N) is 1. The topological polar surface area (TPSA) is 73.9 Å². The number of benzene rings is 2. The molecule has 0 radical (unpaired) electrons. The number of hydrogen-bond acceptors (Lipinski definition) is 6. The van der Waals surface area contributed by atoms with Crippen molar-refractivity contribution >= 4 is 50.2 Å². The van der Waals surface area contributed by atoms with Gasteiger partial charge in [-0.3, -0.25) is 4.79 Å². The minimum atomic E-state index is -0.469. The lowest BCUT2D eigenvalue weighted by atomic mass is 10.0. The van der Waals surface area contributed by atoms with E-state index in [0.29, 0.717) is 26.5 Å². The van der Waals surface area contributed by atoms with Crippen molar-refractivity contribution in [2.24, 2.45) is 0 Å². The van der Waals surface area contributed by atoms with E-state index in [4.69, 9.17) is 14.2 Å². The summed E-state index contributed by atoms with van der Waals surface area (Å²) in [6, 6.07) is 13.2. The van der Waals surface area contributed by atoms with Gasteiger partial charge in [0.05, 0.1) is 25.3 Å². The highest BCUT2D eigenvalue weighted by molar-refractivity contribution is 9.10. The maximum atomic E-state index is 12.8. The molecular weight excluding hydrogens is 506 g/mol. The largest absolute Gasteiger partial charge is 0.493 e. The fourth-order valence-electron chi connectivity index (χ4n) is 3.34. The smallest absolute Gasteiger partial charge is 0.341 e. The Morgan fingerprint density at radius 1 is 1.12 bits per heavy atom. The fraction of sp³-hybridized carbons (Fsp3) is 0.200. The molecule has 0 bridgehead atoms. The normalized spacial score (nSPS) is 10.8. The molecule has 0 saturated heterocycles. The summed E-state index contributed by atoms with van der Waals surface area (Å²) in [4.78, 5) is 26.4. The number of anilines is 1. The van der Waals surface area contributed by atoms with Crippen molar-refractivity contribution in [3.05, 3.63) is 69.0 Å². The van der Waals surface area contributed by atoms with E-state index in [1.807, 2.05) is 43.3 Å². The van der Waals surface area contributed by atoms with Crippen molar-refractivity contribution < 1.29 is 23.8 Å². The molecule has 0 spiro atoms. The molecule has 1 heterocycles. The number of halogens is 1. The maximum Gasteiger partial charge on any atom is 0.341 e. The summed E-state index contributed by atoms with van der Waals surface area (Å²) in [5, 5.41) is 3.29. The quantitative estimate of drug-likeness (QED) is 0.272. The monoisotopic (exact) mass is 529 g/mol. The predicted molar refractivity (Wildman–Crippen MR) is 135 cm³/mol. The van der Waals surface area contributed by atoms with Crippen LogP contribution in [0.3, 0.4) is 0 Å². The number of rotatable bonds is 8. The van der Waals surface area contributed by atoms with Crippen LogP contribution in [0.5, 0.6) is 11.5 Å². The molecule has 3 aromatic rings. The number of hydrogen-bond donors (Lipinski definition) is 1. The Bertz CT molecular complexity index is 1190. The molecule has 8 heteroatoms. The third-order valence-corrected chi connectivity index (χ3v) is 6.36. The first-order valence-electron chi connectivity index (χ1n) is 10.2. The Morgan fingerprint density at radius 2 is 1.85 bits per heavy atom. The van der Waals surface area contributed by atoms with Crippen LogP contribution >= 0.6 is 27.3 Å². The molecule has 0 saturated carbocycles. The van der Waals surface area contributed by atoms with Crippen molar-refractivity contribution in [1.82, 2.24) is 0 Å². The summed E-state index contributed by atoms with van der Waals surface area (Å²) in [7, 11) is 3.10. The summed E-state index contributed by atoms with van der Waals surface area (Å²) in [5.74, 6) is 0.273. The Balaban J connectivity index is 1.91. The highest BCUT2D eigenvalue weighted by Crippen LogP contribution is 2.40. The number of carbonyl (C=O) groups is 2. The molecule has 0 fully saturated rings. The van der Waals surface area contributed by atoms with E-state index in [1.54, 1.807) is 33.3 Å². The zero-order valence-electron chi connectivity index (χ0n) is 18.7. The number of amides is 1. The summed E-state index contributed by atoms with van der Waals surface area (Å²) >= 11 is 4.79. The second-order valence-electron chi connectivity index (χ2n) is 6.88. The van der Waals surface area contributed by atoms with Crippen LogP contribution in [0.15, 0.2) is 53.0 Å². The molecule has 33 heavy (non-hydrogen) atoms.